The number of rotatable bonds is 12. The van der Waals surface area contributed by atoms with Gasteiger partial charge < -0.3 is 25.4 Å². The SMILES string of the molecule is CCNC(=O)CCC/C=C\C[C@@H]1[C@H](/C=C/[C@@H](O)COc2cccc(C(F)(F)F)c2)[C@H](O)C[C@@H]1O. The fourth-order valence-corrected chi connectivity index (χ4v) is 4.00. The van der Waals surface area contributed by atoms with Gasteiger partial charge >= 0.3 is 6.18 Å². The van der Waals surface area contributed by atoms with Crippen molar-refractivity contribution in [1.82, 2.24) is 5.32 Å². The molecule has 1 amide bonds. The Kier molecular flexibility index (Phi) is 11.1. The summed E-state index contributed by atoms with van der Waals surface area (Å²) in [4.78, 5) is 11.4. The molecule has 190 valence electrons. The molecular formula is C25H34F3NO5. The molecule has 1 aliphatic carbocycles. The molecule has 0 bridgehead atoms. The third kappa shape index (κ3) is 9.12. The van der Waals surface area contributed by atoms with Crippen LogP contribution in [0.25, 0.3) is 0 Å². The molecule has 0 heterocycles. The number of unbranched alkanes of at least 4 members (excludes halogenated alkanes) is 1. The van der Waals surface area contributed by atoms with E-state index in [2.05, 4.69) is 5.32 Å². The summed E-state index contributed by atoms with van der Waals surface area (Å²) in [5.74, 6) is -0.597. The number of hydrogen-bond acceptors (Lipinski definition) is 5. The highest BCUT2D eigenvalue weighted by molar-refractivity contribution is 5.75. The summed E-state index contributed by atoms with van der Waals surface area (Å²) >= 11 is 0. The Labute approximate surface area is 198 Å². The van der Waals surface area contributed by atoms with E-state index in [1.807, 2.05) is 19.1 Å². The van der Waals surface area contributed by atoms with Gasteiger partial charge in [-0.05, 0) is 50.3 Å². The summed E-state index contributed by atoms with van der Waals surface area (Å²) in [5, 5.41) is 33.5. The first kappa shape index (κ1) is 27.9. The lowest BCUT2D eigenvalue weighted by Gasteiger charge is -2.19. The minimum atomic E-state index is -4.48. The minimum absolute atomic E-state index is 0.00575. The number of halogens is 3. The third-order valence-electron chi connectivity index (χ3n) is 5.78. The monoisotopic (exact) mass is 485 g/mol. The first-order chi connectivity index (χ1) is 16.1. The van der Waals surface area contributed by atoms with Gasteiger partial charge in [-0.2, -0.15) is 13.2 Å². The highest BCUT2D eigenvalue weighted by Crippen LogP contribution is 2.36. The van der Waals surface area contributed by atoms with E-state index in [1.54, 1.807) is 6.08 Å². The second-order valence-electron chi connectivity index (χ2n) is 8.45. The molecule has 1 aromatic carbocycles. The van der Waals surface area contributed by atoms with Gasteiger partial charge in [0.15, 0.2) is 0 Å². The Bertz CT molecular complexity index is 827. The van der Waals surface area contributed by atoms with E-state index in [9.17, 15) is 33.3 Å². The molecule has 9 heteroatoms. The zero-order valence-corrected chi connectivity index (χ0v) is 19.2. The van der Waals surface area contributed by atoms with Crippen molar-refractivity contribution in [3.8, 4) is 5.75 Å². The summed E-state index contributed by atoms with van der Waals surface area (Å²) in [7, 11) is 0. The van der Waals surface area contributed by atoms with E-state index < -0.39 is 30.1 Å². The number of carbonyl (C=O) groups excluding carboxylic acids is 1. The van der Waals surface area contributed by atoms with Gasteiger partial charge in [-0.1, -0.05) is 30.4 Å². The van der Waals surface area contributed by atoms with Gasteiger partial charge in [-0.25, -0.2) is 0 Å². The number of carbonyl (C=O) groups is 1. The molecule has 0 aromatic heterocycles. The fourth-order valence-electron chi connectivity index (χ4n) is 4.00. The van der Waals surface area contributed by atoms with Crippen LogP contribution in [0.5, 0.6) is 5.75 Å². The number of allylic oxidation sites excluding steroid dienone is 2. The van der Waals surface area contributed by atoms with E-state index in [0.29, 0.717) is 19.4 Å². The Morgan fingerprint density at radius 1 is 1.26 bits per heavy atom. The lowest BCUT2D eigenvalue weighted by atomic mass is 9.89. The molecule has 34 heavy (non-hydrogen) atoms. The second kappa shape index (κ2) is 13.5. The topological polar surface area (TPSA) is 99.0 Å². The van der Waals surface area contributed by atoms with Crippen LogP contribution in [0, 0.1) is 11.8 Å². The molecule has 0 radical (unpaired) electrons. The zero-order valence-electron chi connectivity index (χ0n) is 19.2. The van der Waals surface area contributed by atoms with Crippen molar-refractivity contribution in [3.63, 3.8) is 0 Å². The molecule has 1 aromatic rings. The Balaban J connectivity index is 1.84. The molecule has 5 atom stereocenters. The van der Waals surface area contributed by atoms with Crippen LogP contribution in [0.1, 0.15) is 44.6 Å². The van der Waals surface area contributed by atoms with Gasteiger partial charge in [0, 0.05) is 25.3 Å². The van der Waals surface area contributed by atoms with E-state index in [0.717, 1.165) is 25.0 Å². The highest BCUT2D eigenvalue weighted by atomic mass is 19.4. The van der Waals surface area contributed by atoms with Crippen LogP contribution in [-0.4, -0.2) is 52.7 Å². The smallest absolute Gasteiger partial charge is 0.416 e. The van der Waals surface area contributed by atoms with Crippen LogP contribution < -0.4 is 10.1 Å². The van der Waals surface area contributed by atoms with Crippen LogP contribution in [0.4, 0.5) is 13.2 Å². The lowest BCUT2D eigenvalue weighted by Crippen LogP contribution is -2.22. The Hall–Kier alpha value is -2.36. The maximum atomic E-state index is 12.8. The van der Waals surface area contributed by atoms with E-state index >= 15 is 0 Å². The summed E-state index contributed by atoms with van der Waals surface area (Å²) in [6.07, 6.45) is 2.58. The number of amides is 1. The number of nitrogens with one attached hydrogen (secondary N) is 1. The van der Waals surface area contributed by atoms with E-state index in [-0.39, 0.29) is 36.5 Å². The number of alkyl halides is 3. The van der Waals surface area contributed by atoms with Gasteiger partial charge in [-0.15, -0.1) is 0 Å². The molecule has 0 unspecified atom stereocenters. The van der Waals surface area contributed by atoms with Crippen LogP contribution in [0.3, 0.4) is 0 Å². The number of aliphatic hydroxyl groups excluding tert-OH is 3. The maximum absolute atomic E-state index is 12.8. The third-order valence-corrected chi connectivity index (χ3v) is 5.78. The Morgan fingerprint density at radius 3 is 2.74 bits per heavy atom. The van der Waals surface area contributed by atoms with Gasteiger partial charge in [-0.3, -0.25) is 4.79 Å². The molecule has 0 aliphatic heterocycles. The summed E-state index contributed by atoms with van der Waals surface area (Å²) in [6, 6.07) is 4.41. The van der Waals surface area contributed by atoms with Crippen molar-refractivity contribution in [2.75, 3.05) is 13.2 Å². The quantitative estimate of drug-likeness (QED) is 0.268. The summed E-state index contributed by atoms with van der Waals surface area (Å²) in [5.41, 5.74) is -0.835. The van der Waals surface area contributed by atoms with Gasteiger partial charge in [0.1, 0.15) is 18.5 Å². The predicted molar refractivity (Wildman–Crippen MR) is 122 cm³/mol. The van der Waals surface area contributed by atoms with Crippen LogP contribution in [0.15, 0.2) is 48.6 Å². The van der Waals surface area contributed by atoms with Crippen LogP contribution in [-0.2, 0) is 11.0 Å². The highest BCUT2D eigenvalue weighted by Gasteiger charge is 2.39. The zero-order chi connectivity index (χ0) is 25.1. The Morgan fingerprint density at radius 2 is 2.03 bits per heavy atom. The van der Waals surface area contributed by atoms with Crippen molar-refractivity contribution >= 4 is 5.91 Å². The molecule has 1 fully saturated rings. The molecule has 0 saturated heterocycles. The van der Waals surface area contributed by atoms with Gasteiger partial charge in [0.05, 0.1) is 17.8 Å². The first-order valence-electron chi connectivity index (χ1n) is 11.6. The van der Waals surface area contributed by atoms with Crippen molar-refractivity contribution < 1.29 is 38.0 Å². The average Bonchev–Trinajstić information content (AvgIpc) is 3.05. The molecule has 1 saturated carbocycles. The normalized spacial score (nSPS) is 24.1. The molecule has 0 spiro atoms. The summed E-state index contributed by atoms with van der Waals surface area (Å²) in [6.45, 7) is 2.23. The molecule has 4 N–H and O–H groups in total. The maximum Gasteiger partial charge on any atom is 0.416 e. The first-order valence-corrected chi connectivity index (χ1v) is 11.6. The van der Waals surface area contributed by atoms with Crippen LogP contribution >= 0.6 is 0 Å². The van der Waals surface area contributed by atoms with Crippen molar-refractivity contribution in [1.29, 1.82) is 0 Å². The standard InChI is InChI=1S/C25H34F3NO5/c1-2-29-24(33)11-6-4-3-5-10-20-21(23(32)15-22(20)31)13-12-18(30)16-34-19-9-7-8-17(14-19)25(26,27)28/h3,5,7-9,12-14,18,20-23,30-32H,2,4,6,10-11,15-16H2,1H3,(H,29,33)/b5-3-,13-12+/t18-,20-,21+,22+,23-/m1/s1. The summed E-state index contributed by atoms with van der Waals surface area (Å²) < 4.78 is 43.7. The molecule has 2 rings (SSSR count). The van der Waals surface area contributed by atoms with Crippen molar-refractivity contribution in [2.45, 2.75) is 63.5 Å². The van der Waals surface area contributed by atoms with Crippen LogP contribution in [0.2, 0.25) is 0 Å². The molecule has 6 nitrogen and oxygen atoms in total. The number of ether oxygens (including phenoxy) is 1. The van der Waals surface area contributed by atoms with E-state index in [1.165, 1.54) is 18.2 Å². The van der Waals surface area contributed by atoms with E-state index in [4.69, 9.17) is 4.74 Å². The minimum Gasteiger partial charge on any atom is -0.491 e. The molecule has 1 aliphatic rings. The largest absolute Gasteiger partial charge is 0.491 e. The predicted octanol–water partition coefficient (Wildman–Crippen LogP) is 3.61. The van der Waals surface area contributed by atoms with Crippen molar-refractivity contribution in [3.05, 3.63) is 54.1 Å². The molecular weight excluding hydrogens is 451 g/mol. The number of aliphatic hydroxyl groups is 3. The van der Waals surface area contributed by atoms with Crippen molar-refractivity contribution in [2.24, 2.45) is 11.8 Å². The fraction of sp³-hybridized carbons (Fsp3) is 0.560. The number of benzene rings is 1. The lowest BCUT2D eigenvalue weighted by molar-refractivity contribution is -0.137. The average molecular weight is 486 g/mol. The number of hydrogen-bond donors (Lipinski definition) is 4. The van der Waals surface area contributed by atoms with Gasteiger partial charge in [0.2, 0.25) is 5.91 Å². The second-order valence-corrected chi connectivity index (χ2v) is 8.45. The van der Waals surface area contributed by atoms with Gasteiger partial charge in [0.25, 0.3) is 0 Å².